The van der Waals surface area contributed by atoms with Crippen LogP contribution in [-0.2, 0) is 0 Å². The molecule has 106 valence electrons. The molecule has 2 fully saturated rings. The molecule has 4 heteroatoms. The zero-order valence-electron chi connectivity index (χ0n) is 12.1. The Hall–Kier alpha value is -0.450. The second-order valence-electron chi connectivity index (χ2n) is 6.18. The van der Waals surface area contributed by atoms with Crippen LogP contribution in [0.4, 0.5) is 0 Å². The van der Waals surface area contributed by atoms with Crippen LogP contribution in [0.5, 0.6) is 0 Å². The van der Waals surface area contributed by atoms with E-state index in [0.29, 0.717) is 17.6 Å². The number of rotatable bonds is 3. The molecule has 0 amide bonds. The van der Waals surface area contributed by atoms with Crippen molar-refractivity contribution in [1.82, 2.24) is 15.2 Å². The minimum Gasteiger partial charge on any atom is -0.308 e. The highest BCUT2D eigenvalue weighted by molar-refractivity contribution is 7.09. The summed E-state index contributed by atoms with van der Waals surface area (Å²) in [6.45, 7) is 6.97. The summed E-state index contributed by atoms with van der Waals surface area (Å²) in [6, 6.07) is 1.12. The van der Waals surface area contributed by atoms with Gasteiger partial charge in [0.2, 0.25) is 0 Å². The van der Waals surface area contributed by atoms with Gasteiger partial charge in [-0.2, -0.15) is 0 Å². The summed E-state index contributed by atoms with van der Waals surface area (Å²) in [5.41, 5.74) is 0.400. The van der Waals surface area contributed by atoms with Gasteiger partial charge in [-0.1, -0.05) is 19.8 Å². The van der Waals surface area contributed by atoms with Crippen LogP contribution >= 0.6 is 11.3 Å². The lowest BCUT2D eigenvalue weighted by Gasteiger charge is -2.48. The van der Waals surface area contributed by atoms with Gasteiger partial charge in [-0.3, -0.25) is 4.90 Å². The fourth-order valence-electron chi connectivity index (χ4n) is 3.80. The smallest absolute Gasteiger partial charge is 0.110 e. The predicted octanol–water partition coefficient (Wildman–Crippen LogP) is 3.20. The molecular formula is C15H25N3S. The zero-order valence-corrected chi connectivity index (χ0v) is 12.9. The molecule has 1 saturated carbocycles. The Morgan fingerprint density at radius 3 is 2.95 bits per heavy atom. The van der Waals surface area contributed by atoms with Gasteiger partial charge < -0.3 is 5.32 Å². The maximum absolute atomic E-state index is 4.57. The first-order chi connectivity index (χ1) is 9.24. The Kier molecular flexibility index (Phi) is 3.92. The summed E-state index contributed by atoms with van der Waals surface area (Å²) in [5.74, 6) is 0. The molecule has 2 heterocycles. The quantitative estimate of drug-likeness (QED) is 0.921. The molecule has 2 unspecified atom stereocenters. The van der Waals surface area contributed by atoms with Gasteiger partial charge in [-0.25, -0.2) is 4.98 Å². The highest BCUT2D eigenvalue weighted by Gasteiger charge is 2.42. The Bertz CT molecular complexity index is 398. The van der Waals surface area contributed by atoms with E-state index in [-0.39, 0.29) is 0 Å². The fourth-order valence-corrected chi connectivity index (χ4v) is 4.64. The zero-order chi connectivity index (χ0) is 13.3. The van der Waals surface area contributed by atoms with Gasteiger partial charge >= 0.3 is 0 Å². The average Bonchev–Trinajstić information content (AvgIpc) is 3.07. The Morgan fingerprint density at radius 1 is 1.53 bits per heavy atom. The molecular weight excluding hydrogens is 254 g/mol. The second kappa shape index (κ2) is 5.51. The van der Waals surface area contributed by atoms with Crippen molar-refractivity contribution in [3.8, 4) is 0 Å². The van der Waals surface area contributed by atoms with Crippen molar-refractivity contribution in [3.05, 3.63) is 16.6 Å². The Morgan fingerprint density at radius 2 is 2.32 bits per heavy atom. The lowest BCUT2D eigenvalue weighted by molar-refractivity contribution is 0.0480. The topological polar surface area (TPSA) is 28.2 Å². The molecule has 0 aromatic carbocycles. The summed E-state index contributed by atoms with van der Waals surface area (Å²) in [7, 11) is 0. The molecule has 3 rings (SSSR count). The standard InChI is InChI=1S/C15H25N3S/c1-3-13(14-16-8-9-19-14)18-11-15(6-4-5-7-15)17-10-12(18)2/h8-9,12-13,17H,3-7,10-11H2,1-2H3. The maximum atomic E-state index is 4.57. The Balaban J connectivity index is 1.80. The third kappa shape index (κ3) is 2.58. The van der Waals surface area contributed by atoms with Gasteiger partial charge in [0, 0.05) is 36.2 Å². The van der Waals surface area contributed by atoms with Crippen LogP contribution in [0.3, 0.4) is 0 Å². The fraction of sp³-hybridized carbons (Fsp3) is 0.800. The highest BCUT2D eigenvalue weighted by atomic mass is 32.1. The molecule has 0 bridgehead atoms. The summed E-state index contributed by atoms with van der Waals surface area (Å²) in [4.78, 5) is 7.28. The van der Waals surface area contributed by atoms with E-state index >= 15 is 0 Å². The number of aromatic nitrogens is 1. The number of hydrogen-bond acceptors (Lipinski definition) is 4. The largest absolute Gasteiger partial charge is 0.308 e. The summed E-state index contributed by atoms with van der Waals surface area (Å²) in [5, 5.41) is 7.24. The molecule has 1 aromatic heterocycles. The van der Waals surface area contributed by atoms with Gasteiger partial charge in [0.1, 0.15) is 5.01 Å². The number of piperazine rings is 1. The number of nitrogens with zero attached hydrogens (tertiary/aromatic N) is 2. The van der Waals surface area contributed by atoms with Crippen LogP contribution in [0.2, 0.25) is 0 Å². The lowest BCUT2D eigenvalue weighted by Crippen LogP contribution is -2.62. The molecule has 1 N–H and O–H groups in total. The molecule has 2 aliphatic rings. The molecule has 1 aliphatic carbocycles. The molecule has 0 radical (unpaired) electrons. The van der Waals surface area contributed by atoms with E-state index in [0.717, 1.165) is 13.0 Å². The van der Waals surface area contributed by atoms with Crippen LogP contribution in [0.15, 0.2) is 11.6 Å². The Labute approximate surface area is 120 Å². The number of thiazole rings is 1. The molecule has 19 heavy (non-hydrogen) atoms. The van der Waals surface area contributed by atoms with Gasteiger partial charge in [-0.15, -0.1) is 11.3 Å². The summed E-state index contributed by atoms with van der Waals surface area (Å²) in [6.07, 6.45) is 8.59. The first kappa shape index (κ1) is 13.5. The number of hydrogen-bond donors (Lipinski definition) is 1. The first-order valence-corrected chi connectivity index (χ1v) is 8.52. The minimum atomic E-state index is 0.400. The van der Waals surface area contributed by atoms with Crippen LogP contribution in [0.1, 0.15) is 57.0 Å². The van der Waals surface area contributed by atoms with E-state index in [1.807, 2.05) is 17.5 Å². The van der Waals surface area contributed by atoms with E-state index in [1.54, 1.807) is 0 Å². The monoisotopic (exact) mass is 279 g/mol. The molecule has 1 spiro atoms. The predicted molar refractivity (Wildman–Crippen MR) is 80.5 cm³/mol. The minimum absolute atomic E-state index is 0.400. The third-order valence-electron chi connectivity index (χ3n) is 4.91. The summed E-state index contributed by atoms with van der Waals surface area (Å²) >= 11 is 1.81. The molecule has 1 aliphatic heterocycles. The molecule has 1 aromatic rings. The molecule has 1 saturated heterocycles. The van der Waals surface area contributed by atoms with E-state index in [4.69, 9.17) is 0 Å². The average molecular weight is 279 g/mol. The third-order valence-corrected chi connectivity index (χ3v) is 5.78. The van der Waals surface area contributed by atoms with Crippen molar-refractivity contribution in [1.29, 1.82) is 0 Å². The van der Waals surface area contributed by atoms with E-state index in [2.05, 4.69) is 34.4 Å². The van der Waals surface area contributed by atoms with Gasteiger partial charge in [0.05, 0.1) is 6.04 Å². The maximum Gasteiger partial charge on any atom is 0.110 e. The number of nitrogens with one attached hydrogen (secondary N) is 1. The van der Waals surface area contributed by atoms with Crippen LogP contribution in [0, 0.1) is 0 Å². The van der Waals surface area contributed by atoms with Crippen molar-refractivity contribution < 1.29 is 0 Å². The van der Waals surface area contributed by atoms with Crippen molar-refractivity contribution in [2.45, 2.75) is 63.6 Å². The van der Waals surface area contributed by atoms with Crippen molar-refractivity contribution in [3.63, 3.8) is 0 Å². The summed E-state index contributed by atoms with van der Waals surface area (Å²) < 4.78 is 0. The molecule has 2 atom stereocenters. The first-order valence-electron chi connectivity index (χ1n) is 7.64. The van der Waals surface area contributed by atoms with Crippen LogP contribution < -0.4 is 5.32 Å². The van der Waals surface area contributed by atoms with Gasteiger partial charge in [0.25, 0.3) is 0 Å². The van der Waals surface area contributed by atoms with Gasteiger partial charge in [0.15, 0.2) is 0 Å². The lowest BCUT2D eigenvalue weighted by atomic mass is 9.91. The van der Waals surface area contributed by atoms with Crippen molar-refractivity contribution in [2.24, 2.45) is 0 Å². The second-order valence-corrected chi connectivity index (χ2v) is 7.11. The van der Waals surface area contributed by atoms with Crippen LogP contribution in [0.25, 0.3) is 0 Å². The van der Waals surface area contributed by atoms with Gasteiger partial charge in [-0.05, 0) is 26.2 Å². The van der Waals surface area contributed by atoms with Crippen molar-refractivity contribution >= 4 is 11.3 Å². The highest BCUT2D eigenvalue weighted by Crippen LogP contribution is 2.37. The van der Waals surface area contributed by atoms with Crippen molar-refractivity contribution in [2.75, 3.05) is 13.1 Å². The van der Waals surface area contributed by atoms with E-state index in [9.17, 15) is 0 Å². The van der Waals surface area contributed by atoms with E-state index in [1.165, 1.54) is 37.2 Å². The van der Waals surface area contributed by atoms with E-state index < -0.39 is 0 Å². The molecule has 3 nitrogen and oxygen atoms in total. The SMILES string of the molecule is CCC(c1nccs1)N1CC2(CCCC2)NCC1C. The van der Waals surface area contributed by atoms with Crippen LogP contribution in [-0.4, -0.2) is 34.6 Å². The normalized spacial score (nSPS) is 28.8.